The summed E-state index contributed by atoms with van der Waals surface area (Å²) in [5.41, 5.74) is 8.24. The SMILES string of the molecule is CCCCCN(C(N)=O)C1(C)CCCC(c2ccc(N(C)C)cc2)C1. The molecule has 25 heavy (non-hydrogen) atoms. The molecule has 1 saturated carbocycles. The zero-order chi connectivity index (χ0) is 18.4. The second-order valence-corrected chi connectivity index (χ2v) is 7.97. The lowest BCUT2D eigenvalue weighted by molar-refractivity contribution is 0.0874. The minimum atomic E-state index is -0.262. The van der Waals surface area contributed by atoms with Gasteiger partial charge in [0, 0.05) is 31.9 Å². The first-order valence-corrected chi connectivity index (χ1v) is 9.72. The van der Waals surface area contributed by atoms with Crippen molar-refractivity contribution in [3.8, 4) is 0 Å². The van der Waals surface area contributed by atoms with Gasteiger partial charge in [-0.2, -0.15) is 0 Å². The number of urea groups is 1. The molecule has 2 rings (SSSR count). The average Bonchev–Trinajstić information content (AvgIpc) is 2.58. The molecule has 0 aromatic heterocycles. The van der Waals surface area contributed by atoms with Crippen LogP contribution in [0.3, 0.4) is 0 Å². The van der Waals surface area contributed by atoms with Crippen LogP contribution in [0.2, 0.25) is 0 Å². The Kier molecular flexibility index (Phi) is 6.74. The number of amides is 2. The normalized spacial score (nSPS) is 23.3. The summed E-state index contributed by atoms with van der Waals surface area (Å²) in [5.74, 6) is 0.503. The van der Waals surface area contributed by atoms with Crippen molar-refractivity contribution in [3.05, 3.63) is 29.8 Å². The predicted molar refractivity (Wildman–Crippen MR) is 106 cm³/mol. The van der Waals surface area contributed by atoms with E-state index in [1.54, 1.807) is 0 Å². The van der Waals surface area contributed by atoms with Crippen molar-refractivity contribution in [3.63, 3.8) is 0 Å². The molecule has 1 fully saturated rings. The molecule has 0 aliphatic heterocycles. The summed E-state index contributed by atoms with van der Waals surface area (Å²) in [6, 6.07) is 8.61. The standard InChI is InChI=1S/C21H35N3O/c1-5-6-7-15-24(20(22)25)21(2)14-8-9-18(16-21)17-10-12-19(13-11-17)23(3)4/h10-13,18H,5-9,14-16H2,1-4H3,(H2,22,25). The van der Waals surface area contributed by atoms with Gasteiger partial charge in [0.15, 0.2) is 0 Å². The Bertz CT molecular complexity index is 555. The first-order chi connectivity index (χ1) is 11.9. The predicted octanol–water partition coefficient (Wildman–Crippen LogP) is 4.74. The molecule has 4 nitrogen and oxygen atoms in total. The fraction of sp³-hybridized carbons (Fsp3) is 0.667. The lowest BCUT2D eigenvalue weighted by Gasteiger charge is -2.46. The van der Waals surface area contributed by atoms with Crippen LogP contribution in [0.5, 0.6) is 0 Å². The van der Waals surface area contributed by atoms with Crippen molar-refractivity contribution in [2.45, 2.75) is 70.3 Å². The van der Waals surface area contributed by atoms with Gasteiger partial charge in [-0.3, -0.25) is 0 Å². The molecule has 2 N–H and O–H groups in total. The number of carbonyl (C=O) groups excluding carboxylic acids is 1. The van der Waals surface area contributed by atoms with E-state index in [-0.39, 0.29) is 11.6 Å². The minimum Gasteiger partial charge on any atom is -0.378 e. The second kappa shape index (κ2) is 8.59. The maximum atomic E-state index is 12.1. The number of rotatable bonds is 7. The van der Waals surface area contributed by atoms with Crippen LogP contribution in [-0.2, 0) is 0 Å². The van der Waals surface area contributed by atoms with Crippen molar-refractivity contribution in [1.29, 1.82) is 0 Å². The highest BCUT2D eigenvalue weighted by molar-refractivity contribution is 5.73. The van der Waals surface area contributed by atoms with Gasteiger partial charge in [0.1, 0.15) is 0 Å². The summed E-state index contributed by atoms with van der Waals surface area (Å²) in [4.78, 5) is 16.2. The molecule has 0 spiro atoms. The molecule has 0 saturated heterocycles. The van der Waals surface area contributed by atoms with E-state index in [4.69, 9.17) is 5.73 Å². The molecule has 1 aliphatic rings. The third kappa shape index (κ3) is 4.90. The molecular formula is C21H35N3O. The van der Waals surface area contributed by atoms with Crippen LogP contribution in [-0.4, -0.2) is 37.1 Å². The molecule has 0 bridgehead atoms. The Hall–Kier alpha value is -1.71. The average molecular weight is 346 g/mol. The smallest absolute Gasteiger partial charge is 0.315 e. The number of nitrogens with two attached hydrogens (primary N) is 1. The van der Waals surface area contributed by atoms with Gasteiger partial charge in [-0.1, -0.05) is 38.3 Å². The third-order valence-electron chi connectivity index (χ3n) is 5.74. The van der Waals surface area contributed by atoms with Gasteiger partial charge in [-0.25, -0.2) is 4.79 Å². The van der Waals surface area contributed by atoms with Gasteiger partial charge in [-0.05, 0) is 56.2 Å². The monoisotopic (exact) mass is 345 g/mol. The maximum Gasteiger partial charge on any atom is 0.315 e. The quantitative estimate of drug-likeness (QED) is 0.726. The topological polar surface area (TPSA) is 49.6 Å². The molecule has 4 heteroatoms. The van der Waals surface area contributed by atoms with Crippen molar-refractivity contribution in [1.82, 2.24) is 4.90 Å². The van der Waals surface area contributed by atoms with Gasteiger partial charge in [-0.15, -0.1) is 0 Å². The van der Waals surface area contributed by atoms with E-state index in [0.29, 0.717) is 5.92 Å². The number of hydrogen-bond acceptors (Lipinski definition) is 2. The highest BCUT2D eigenvalue weighted by Crippen LogP contribution is 2.42. The molecule has 2 unspecified atom stereocenters. The second-order valence-electron chi connectivity index (χ2n) is 7.97. The number of anilines is 1. The van der Waals surface area contributed by atoms with Crippen LogP contribution in [0.4, 0.5) is 10.5 Å². The Labute approximate surface area is 153 Å². The van der Waals surface area contributed by atoms with E-state index < -0.39 is 0 Å². The van der Waals surface area contributed by atoms with Crippen LogP contribution in [0.1, 0.15) is 70.3 Å². The molecule has 0 radical (unpaired) electrons. The van der Waals surface area contributed by atoms with Crippen molar-refractivity contribution < 1.29 is 4.79 Å². The van der Waals surface area contributed by atoms with Crippen LogP contribution in [0, 0.1) is 0 Å². The number of nitrogens with zero attached hydrogens (tertiary/aromatic N) is 2. The first-order valence-electron chi connectivity index (χ1n) is 9.72. The van der Waals surface area contributed by atoms with E-state index in [2.05, 4.69) is 57.1 Å². The lowest BCUT2D eigenvalue weighted by Crippen LogP contribution is -2.54. The van der Waals surface area contributed by atoms with Crippen LogP contribution in [0.25, 0.3) is 0 Å². The van der Waals surface area contributed by atoms with E-state index in [0.717, 1.165) is 45.1 Å². The molecule has 1 aromatic carbocycles. The molecular weight excluding hydrogens is 310 g/mol. The number of unbranched alkanes of at least 4 members (excludes halogenated alkanes) is 2. The molecule has 2 atom stereocenters. The highest BCUT2D eigenvalue weighted by atomic mass is 16.2. The number of carbonyl (C=O) groups is 1. The van der Waals surface area contributed by atoms with Crippen molar-refractivity contribution in [2.75, 3.05) is 25.5 Å². The van der Waals surface area contributed by atoms with Gasteiger partial charge in [0.2, 0.25) is 0 Å². The molecule has 1 aliphatic carbocycles. The van der Waals surface area contributed by atoms with Crippen LogP contribution >= 0.6 is 0 Å². The summed E-state index contributed by atoms with van der Waals surface area (Å²) < 4.78 is 0. The van der Waals surface area contributed by atoms with E-state index in [9.17, 15) is 4.79 Å². The van der Waals surface area contributed by atoms with E-state index in [1.807, 2.05) is 4.90 Å². The third-order valence-corrected chi connectivity index (χ3v) is 5.74. The summed E-state index contributed by atoms with van der Waals surface area (Å²) in [7, 11) is 4.13. The fourth-order valence-corrected chi connectivity index (χ4v) is 4.20. The summed E-state index contributed by atoms with van der Waals surface area (Å²) in [6.07, 6.45) is 7.74. The Morgan fingerprint density at radius 2 is 1.92 bits per heavy atom. The Morgan fingerprint density at radius 1 is 1.24 bits per heavy atom. The minimum absolute atomic E-state index is 0.122. The molecule has 0 heterocycles. The largest absolute Gasteiger partial charge is 0.378 e. The number of hydrogen-bond donors (Lipinski definition) is 1. The first kappa shape index (κ1) is 19.6. The summed E-state index contributed by atoms with van der Waals surface area (Å²) >= 11 is 0. The Morgan fingerprint density at radius 3 is 2.48 bits per heavy atom. The Balaban J connectivity index is 2.12. The van der Waals surface area contributed by atoms with Gasteiger partial charge in [0.25, 0.3) is 0 Å². The van der Waals surface area contributed by atoms with E-state index in [1.165, 1.54) is 17.7 Å². The molecule has 2 amide bonds. The van der Waals surface area contributed by atoms with Crippen molar-refractivity contribution >= 4 is 11.7 Å². The van der Waals surface area contributed by atoms with Gasteiger partial charge >= 0.3 is 6.03 Å². The van der Waals surface area contributed by atoms with Crippen LogP contribution in [0.15, 0.2) is 24.3 Å². The summed E-state index contributed by atoms with van der Waals surface area (Å²) in [6.45, 7) is 5.19. The van der Waals surface area contributed by atoms with Gasteiger partial charge in [0.05, 0.1) is 0 Å². The van der Waals surface area contributed by atoms with E-state index >= 15 is 0 Å². The molecule has 1 aromatic rings. The van der Waals surface area contributed by atoms with Crippen molar-refractivity contribution in [2.24, 2.45) is 5.73 Å². The highest BCUT2D eigenvalue weighted by Gasteiger charge is 2.39. The van der Waals surface area contributed by atoms with Gasteiger partial charge < -0.3 is 15.5 Å². The summed E-state index contributed by atoms with van der Waals surface area (Å²) in [5, 5.41) is 0. The zero-order valence-electron chi connectivity index (χ0n) is 16.4. The molecule has 140 valence electrons. The fourth-order valence-electron chi connectivity index (χ4n) is 4.20. The zero-order valence-corrected chi connectivity index (χ0v) is 16.4. The van der Waals surface area contributed by atoms with Crippen LogP contribution < -0.4 is 10.6 Å². The number of benzene rings is 1. The number of primary amides is 1. The maximum absolute atomic E-state index is 12.1. The lowest BCUT2D eigenvalue weighted by atomic mass is 9.73.